The topological polar surface area (TPSA) is 29.1 Å². The highest BCUT2D eigenvalue weighted by Crippen LogP contribution is 2.33. The maximum absolute atomic E-state index is 11.8. The van der Waals surface area contributed by atoms with Crippen LogP contribution in [0.2, 0.25) is 0 Å². The molecular weight excluding hydrogens is 374 g/mol. The molecule has 0 radical (unpaired) electrons. The van der Waals surface area contributed by atoms with Crippen molar-refractivity contribution in [3.63, 3.8) is 0 Å². The molecule has 0 spiro atoms. The van der Waals surface area contributed by atoms with Gasteiger partial charge in [0.2, 0.25) is 5.91 Å². The Morgan fingerprint density at radius 3 is 2.48 bits per heavy atom. The van der Waals surface area contributed by atoms with E-state index in [1.54, 1.807) is 0 Å². The summed E-state index contributed by atoms with van der Waals surface area (Å²) in [5, 5.41) is 3.06. The smallest absolute Gasteiger partial charge is 0.235 e. The zero-order valence-electron chi connectivity index (χ0n) is 13.4. The van der Waals surface area contributed by atoms with Gasteiger partial charge in [0.05, 0.1) is 0 Å². The van der Waals surface area contributed by atoms with E-state index in [-0.39, 0.29) is 17.7 Å². The Hall–Kier alpha value is -1.32. The van der Waals surface area contributed by atoms with E-state index in [9.17, 15) is 4.79 Å². The lowest BCUT2D eigenvalue weighted by atomic mass is 9.78. The summed E-state index contributed by atoms with van der Waals surface area (Å²) in [6.45, 7) is 4.10. The third-order valence-corrected chi connectivity index (χ3v) is 4.72. The van der Waals surface area contributed by atoms with Crippen LogP contribution in [0.3, 0.4) is 0 Å². The Kier molecular flexibility index (Phi) is 6.25. The van der Waals surface area contributed by atoms with Gasteiger partial charge < -0.3 is 5.32 Å². The molecule has 0 bridgehead atoms. The molecule has 0 saturated heterocycles. The van der Waals surface area contributed by atoms with Gasteiger partial charge >= 0.3 is 0 Å². The number of hydrogen-bond donors (Lipinski definition) is 1. The molecule has 2 rings (SSSR count). The lowest BCUT2D eigenvalue weighted by Gasteiger charge is -2.36. The van der Waals surface area contributed by atoms with Crippen LogP contribution in [0.1, 0.15) is 30.9 Å². The highest BCUT2D eigenvalue weighted by Gasteiger charge is 2.32. The van der Waals surface area contributed by atoms with Crippen molar-refractivity contribution in [3.05, 3.63) is 70.2 Å². The fourth-order valence-electron chi connectivity index (χ4n) is 2.84. The number of alkyl halides is 1. The van der Waals surface area contributed by atoms with Crippen molar-refractivity contribution in [1.82, 2.24) is 5.32 Å². The molecule has 2 nitrogen and oxygen atoms in total. The Labute approximate surface area is 151 Å². The van der Waals surface area contributed by atoms with Gasteiger partial charge in [-0.05, 0) is 43.5 Å². The zero-order valence-corrected chi connectivity index (χ0v) is 15.7. The molecule has 1 amide bonds. The predicted molar refractivity (Wildman–Crippen MR) is 100.0 cm³/mol. The van der Waals surface area contributed by atoms with Crippen LogP contribution in [0.4, 0.5) is 0 Å². The number of rotatable bonds is 6. The van der Waals surface area contributed by atoms with Gasteiger partial charge in [-0.3, -0.25) is 4.79 Å². The molecule has 0 saturated carbocycles. The second-order valence-corrected chi connectivity index (χ2v) is 7.38. The monoisotopic (exact) mass is 393 g/mol. The van der Waals surface area contributed by atoms with Gasteiger partial charge in [0, 0.05) is 15.9 Å². The second kappa shape index (κ2) is 7.98. The third-order valence-electron chi connectivity index (χ3n) is 3.99. The summed E-state index contributed by atoms with van der Waals surface area (Å²) in [6, 6.07) is 18.6. The van der Waals surface area contributed by atoms with Gasteiger partial charge in [-0.15, -0.1) is 11.6 Å². The number of nitrogens with one attached hydrogen (secondary N) is 1. The van der Waals surface area contributed by atoms with E-state index in [0.717, 1.165) is 10.9 Å². The maximum Gasteiger partial charge on any atom is 0.235 e. The molecule has 23 heavy (non-hydrogen) atoms. The van der Waals surface area contributed by atoms with Gasteiger partial charge in [-0.2, -0.15) is 0 Å². The van der Waals surface area contributed by atoms with Crippen molar-refractivity contribution in [2.45, 2.75) is 31.7 Å². The minimum absolute atomic E-state index is 0.0278. The van der Waals surface area contributed by atoms with Gasteiger partial charge in [-0.25, -0.2) is 0 Å². The van der Waals surface area contributed by atoms with Crippen molar-refractivity contribution in [2.75, 3.05) is 5.88 Å². The Balaban J connectivity index is 2.36. The quantitative estimate of drug-likeness (QED) is 0.693. The summed E-state index contributed by atoms with van der Waals surface area (Å²) in [4.78, 5) is 11.8. The normalized spacial score (nSPS) is 12.7. The second-order valence-electron chi connectivity index (χ2n) is 6.20. The van der Waals surface area contributed by atoms with E-state index < -0.39 is 5.54 Å². The van der Waals surface area contributed by atoms with Crippen LogP contribution in [-0.4, -0.2) is 17.3 Å². The van der Waals surface area contributed by atoms with E-state index in [2.05, 4.69) is 45.5 Å². The average Bonchev–Trinajstić information content (AvgIpc) is 2.53. The van der Waals surface area contributed by atoms with Gasteiger partial charge in [0.25, 0.3) is 0 Å². The molecule has 4 heteroatoms. The minimum atomic E-state index is -0.414. The molecule has 0 heterocycles. The molecule has 0 aromatic heterocycles. The number of halogens is 2. The Morgan fingerprint density at radius 1 is 1.17 bits per heavy atom. The molecule has 0 unspecified atom stereocenters. The first-order chi connectivity index (χ1) is 10.9. The summed E-state index contributed by atoms with van der Waals surface area (Å²) in [7, 11) is 0. The number of amides is 1. The number of carbonyl (C=O) groups is 1. The van der Waals surface area contributed by atoms with Crippen LogP contribution in [0.25, 0.3) is 0 Å². The molecule has 1 atom stereocenters. The predicted octanol–water partition coefficient (Wildman–Crippen LogP) is 4.91. The molecular formula is C19H21BrClNO. The summed E-state index contributed by atoms with van der Waals surface area (Å²) in [6.07, 6.45) is 0.840. The summed E-state index contributed by atoms with van der Waals surface area (Å²) in [5.41, 5.74) is 2.01. The largest absolute Gasteiger partial charge is 0.350 e. The van der Waals surface area contributed by atoms with Crippen LogP contribution < -0.4 is 5.32 Å². The van der Waals surface area contributed by atoms with Crippen LogP contribution >= 0.6 is 27.5 Å². The van der Waals surface area contributed by atoms with Crippen molar-refractivity contribution in [1.29, 1.82) is 0 Å². The zero-order chi connectivity index (χ0) is 16.9. The highest BCUT2D eigenvalue weighted by molar-refractivity contribution is 9.10. The number of carbonyl (C=O) groups excluding carboxylic acids is 1. The van der Waals surface area contributed by atoms with Gasteiger partial charge in [0.1, 0.15) is 5.88 Å². The SMILES string of the molecule is CC(C)(NC(=O)CCl)[C@@H](Cc1ccccc1)c1cccc(Br)c1. The standard InChI is InChI=1S/C19H21BrClNO/c1-19(2,22-18(23)13-21)17(11-14-7-4-3-5-8-14)15-9-6-10-16(20)12-15/h3-10,12,17H,11,13H2,1-2H3,(H,22,23)/t17-/m0/s1. The first-order valence-electron chi connectivity index (χ1n) is 7.59. The first kappa shape index (κ1) is 18.0. The van der Waals surface area contributed by atoms with Gasteiger partial charge in [-0.1, -0.05) is 58.4 Å². The molecule has 0 aliphatic heterocycles. The lowest BCUT2D eigenvalue weighted by molar-refractivity contribution is -0.120. The van der Waals surface area contributed by atoms with Crippen LogP contribution in [0.15, 0.2) is 59.1 Å². The summed E-state index contributed by atoms with van der Waals surface area (Å²) in [5.74, 6) is -0.0424. The first-order valence-corrected chi connectivity index (χ1v) is 8.91. The van der Waals surface area contributed by atoms with Crippen LogP contribution in [0, 0.1) is 0 Å². The van der Waals surface area contributed by atoms with E-state index in [4.69, 9.17) is 11.6 Å². The average molecular weight is 395 g/mol. The number of hydrogen-bond acceptors (Lipinski definition) is 1. The molecule has 2 aromatic rings. The minimum Gasteiger partial charge on any atom is -0.350 e. The molecule has 0 aliphatic carbocycles. The van der Waals surface area contributed by atoms with Crippen molar-refractivity contribution in [2.24, 2.45) is 0 Å². The van der Waals surface area contributed by atoms with E-state index in [0.29, 0.717) is 0 Å². The Morgan fingerprint density at radius 2 is 1.87 bits per heavy atom. The lowest BCUT2D eigenvalue weighted by Crippen LogP contribution is -2.49. The van der Waals surface area contributed by atoms with Crippen LogP contribution in [0.5, 0.6) is 0 Å². The molecule has 0 aliphatic rings. The Bertz CT molecular complexity index is 657. The van der Waals surface area contributed by atoms with Gasteiger partial charge in [0.15, 0.2) is 0 Å². The van der Waals surface area contributed by atoms with Crippen molar-refractivity contribution in [3.8, 4) is 0 Å². The van der Waals surface area contributed by atoms with Crippen molar-refractivity contribution < 1.29 is 4.79 Å². The molecule has 1 N–H and O–H groups in total. The van der Waals surface area contributed by atoms with Crippen LogP contribution in [-0.2, 0) is 11.2 Å². The fraction of sp³-hybridized carbons (Fsp3) is 0.316. The van der Waals surface area contributed by atoms with E-state index >= 15 is 0 Å². The molecule has 2 aromatic carbocycles. The van der Waals surface area contributed by atoms with Crippen molar-refractivity contribution >= 4 is 33.4 Å². The number of benzene rings is 2. The molecule has 122 valence electrons. The van der Waals surface area contributed by atoms with E-state index in [1.165, 1.54) is 11.1 Å². The summed E-state index contributed by atoms with van der Waals surface area (Å²) >= 11 is 9.21. The molecule has 0 fully saturated rings. The van der Waals surface area contributed by atoms with E-state index in [1.807, 2.05) is 44.2 Å². The maximum atomic E-state index is 11.8. The fourth-order valence-corrected chi connectivity index (χ4v) is 3.33. The third kappa shape index (κ3) is 5.08. The highest BCUT2D eigenvalue weighted by atomic mass is 79.9. The summed E-state index contributed by atoms with van der Waals surface area (Å²) < 4.78 is 1.03.